The molecule has 0 unspecified atom stereocenters. The van der Waals surface area contributed by atoms with Crippen LogP contribution in [0.5, 0.6) is 0 Å². The topological polar surface area (TPSA) is 61.2 Å². The van der Waals surface area contributed by atoms with E-state index in [1.165, 1.54) is 11.8 Å². The summed E-state index contributed by atoms with van der Waals surface area (Å²) in [6.07, 6.45) is 2.99. The van der Waals surface area contributed by atoms with Gasteiger partial charge in [0.2, 0.25) is 5.78 Å². The molecule has 3 aromatic rings. The van der Waals surface area contributed by atoms with Crippen LogP contribution in [0.1, 0.15) is 50.6 Å². The fourth-order valence-corrected chi connectivity index (χ4v) is 3.31. The van der Waals surface area contributed by atoms with E-state index in [9.17, 15) is 9.59 Å². The molecule has 1 atom stereocenters. The lowest BCUT2D eigenvalue weighted by atomic mass is 10.1. The van der Waals surface area contributed by atoms with Gasteiger partial charge < -0.3 is 9.30 Å². The fraction of sp³-hybridized carbons (Fsp3) is 0.227. The molecule has 3 rings (SSSR count). The van der Waals surface area contributed by atoms with Crippen LogP contribution in [-0.2, 0) is 4.74 Å². The predicted molar refractivity (Wildman–Crippen MR) is 103 cm³/mol. The van der Waals surface area contributed by atoms with Crippen LogP contribution in [0.2, 0.25) is 0 Å². The molecule has 5 heteroatoms. The monoisotopic (exact) mass is 362 g/mol. The van der Waals surface area contributed by atoms with E-state index in [1.54, 1.807) is 18.3 Å². The zero-order valence-corrected chi connectivity index (χ0v) is 15.7. The number of pyridine rings is 1. The molecule has 0 saturated carbocycles. The molecule has 138 valence electrons. The Balaban J connectivity index is 1.75. The number of Topliss-reactive ketones (excluding diaryl/α,β-unsaturated/α-hetero) is 1. The number of esters is 1. The maximum absolute atomic E-state index is 12.6. The van der Waals surface area contributed by atoms with Crippen LogP contribution >= 0.6 is 0 Å². The molecule has 5 nitrogen and oxygen atoms in total. The van der Waals surface area contributed by atoms with E-state index in [1.807, 2.05) is 38.1 Å². The van der Waals surface area contributed by atoms with Crippen LogP contribution in [0.25, 0.3) is 0 Å². The standard InChI is InChI=1S/C22H22N2O3/c1-15-12-20(17(3)24(15)16(2)18-8-5-4-6-9-18)21(25)14-27-22(26)19-10-7-11-23-13-19/h4-13,16H,14H2,1-3H3/t16-/m1/s1. The number of nitrogens with zero attached hydrogens (tertiary/aromatic N) is 2. The van der Waals surface area contributed by atoms with Gasteiger partial charge in [0.05, 0.1) is 11.6 Å². The first-order valence-electron chi connectivity index (χ1n) is 8.82. The highest BCUT2D eigenvalue weighted by Crippen LogP contribution is 2.25. The highest BCUT2D eigenvalue weighted by atomic mass is 16.5. The average Bonchev–Trinajstić information content (AvgIpc) is 3.00. The minimum atomic E-state index is -0.553. The summed E-state index contributed by atoms with van der Waals surface area (Å²) in [5, 5.41) is 0. The van der Waals surface area contributed by atoms with Gasteiger partial charge >= 0.3 is 5.97 Å². The minimum Gasteiger partial charge on any atom is -0.454 e. The molecule has 0 spiro atoms. The third-order valence-corrected chi connectivity index (χ3v) is 4.69. The normalized spacial score (nSPS) is 11.8. The molecule has 0 N–H and O–H groups in total. The van der Waals surface area contributed by atoms with Crippen molar-refractivity contribution < 1.29 is 14.3 Å². The van der Waals surface area contributed by atoms with Crippen molar-refractivity contribution in [3.63, 3.8) is 0 Å². The lowest BCUT2D eigenvalue weighted by Crippen LogP contribution is -2.16. The largest absolute Gasteiger partial charge is 0.454 e. The third-order valence-electron chi connectivity index (χ3n) is 4.69. The quantitative estimate of drug-likeness (QED) is 0.488. The van der Waals surface area contributed by atoms with E-state index in [2.05, 4.69) is 28.6 Å². The molecule has 0 aliphatic heterocycles. The van der Waals surface area contributed by atoms with E-state index in [0.717, 1.165) is 11.4 Å². The number of benzene rings is 1. The van der Waals surface area contributed by atoms with Gasteiger partial charge in [-0.15, -0.1) is 0 Å². The van der Waals surface area contributed by atoms with Crippen LogP contribution in [0.15, 0.2) is 60.9 Å². The molecule has 0 bridgehead atoms. The third kappa shape index (κ3) is 3.97. The smallest absolute Gasteiger partial charge is 0.340 e. The Morgan fingerprint density at radius 1 is 1.11 bits per heavy atom. The van der Waals surface area contributed by atoms with Gasteiger partial charge in [0.1, 0.15) is 0 Å². The zero-order valence-electron chi connectivity index (χ0n) is 15.7. The summed E-state index contributed by atoms with van der Waals surface area (Å²) in [5.74, 6) is -0.769. The summed E-state index contributed by atoms with van der Waals surface area (Å²) in [7, 11) is 0. The molecule has 27 heavy (non-hydrogen) atoms. The molecule has 1 aromatic carbocycles. The highest BCUT2D eigenvalue weighted by molar-refractivity contribution is 6.00. The number of hydrogen-bond acceptors (Lipinski definition) is 4. The van der Waals surface area contributed by atoms with Gasteiger partial charge in [-0.25, -0.2) is 4.79 Å². The molecule has 0 fully saturated rings. The van der Waals surface area contributed by atoms with Crippen molar-refractivity contribution in [1.29, 1.82) is 0 Å². The molecular weight excluding hydrogens is 340 g/mol. The number of ketones is 1. The Labute approximate surface area is 158 Å². The highest BCUT2D eigenvalue weighted by Gasteiger charge is 2.20. The lowest BCUT2D eigenvalue weighted by molar-refractivity contribution is 0.0474. The van der Waals surface area contributed by atoms with E-state index in [-0.39, 0.29) is 18.4 Å². The molecular formula is C22H22N2O3. The zero-order chi connectivity index (χ0) is 19.4. The Kier molecular flexibility index (Phi) is 5.50. The summed E-state index contributed by atoms with van der Waals surface area (Å²) in [6.45, 7) is 5.71. The predicted octanol–water partition coefficient (Wildman–Crippen LogP) is 4.15. The number of aromatic nitrogens is 2. The van der Waals surface area contributed by atoms with Crippen molar-refractivity contribution in [2.45, 2.75) is 26.8 Å². The second-order valence-electron chi connectivity index (χ2n) is 6.48. The van der Waals surface area contributed by atoms with Crippen LogP contribution in [0.3, 0.4) is 0 Å². The van der Waals surface area contributed by atoms with Gasteiger partial charge in [-0.05, 0) is 44.5 Å². The van der Waals surface area contributed by atoms with E-state index in [4.69, 9.17) is 4.74 Å². The molecule has 0 saturated heterocycles. The van der Waals surface area contributed by atoms with Gasteiger partial charge in [0.15, 0.2) is 6.61 Å². The van der Waals surface area contributed by atoms with Gasteiger partial charge in [0, 0.05) is 29.3 Å². The lowest BCUT2D eigenvalue weighted by Gasteiger charge is -2.19. The van der Waals surface area contributed by atoms with Gasteiger partial charge in [-0.1, -0.05) is 30.3 Å². The Morgan fingerprint density at radius 2 is 1.85 bits per heavy atom. The summed E-state index contributed by atoms with van der Waals surface area (Å²) in [4.78, 5) is 28.5. The summed E-state index contributed by atoms with van der Waals surface area (Å²) in [6, 6.07) is 15.3. The Morgan fingerprint density at radius 3 is 2.52 bits per heavy atom. The first kappa shape index (κ1) is 18.6. The van der Waals surface area contributed by atoms with E-state index < -0.39 is 5.97 Å². The molecule has 0 radical (unpaired) electrons. The number of carbonyl (C=O) groups excluding carboxylic acids is 2. The summed E-state index contributed by atoms with van der Waals surface area (Å²) < 4.78 is 7.29. The maximum atomic E-state index is 12.6. The number of carbonyl (C=O) groups is 2. The van der Waals surface area contributed by atoms with Gasteiger partial charge in [-0.2, -0.15) is 0 Å². The first-order chi connectivity index (χ1) is 13.0. The average molecular weight is 362 g/mol. The van der Waals surface area contributed by atoms with Crippen LogP contribution in [0.4, 0.5) is 0 Å². The molecule has 2 heterocycles. The van der Waals surface area contributed by atoms with Crippen molar-refractivity contribution >= 4 is 11.8 Å². The molecule has 0 amide bonds. The Bertz CT molecular complexity index is 946. The summed E-state index contributed by atoms with van der Waals surface area (Å²) >= 11 is 0. The molecule has 0 aliphatic carbocycles. The summed E-state index contributed by atoms with van der Waals surface area (Å²) in [5.41, 5.74) is 3.93. The van der Waals surface area contributed by atoms with Crippen molar-refractivity contribution in [2.75, 3.05) is 6.61 Å². The second-order valence-corrected chi connectivity index (χ2v) is 6.48. The van der Waals surface area contributed by atoms with Crippen LogP contribution < -0.4 is 0 Å². The van der Waals surface area contributed by atoms with E-state index >= 15 is 0 Å². The van der Waals surface area contributed by atoms with Crippen molar-refractivity contribution in [3.8, 4) is 0 Å². The van der Waals surface area contributed by atoms with Crippen molar-refractivity contribution in [1.82, 2.24) is 9.55 Å². The van der Waals surface area contributed by atoms with Crippen LogP contribution in [-0.4, -0.2) is 27.9 Å². The molecule has 2 aromatic heterocycles. The number of aryl methyl sites for hydroxylation is 1. The van der Waals surface area contributed by atoms with Crippen molar-refractivity contribution in [2.24, 2.45) is 0 Å². The van der Waals surface area contributed by atoms with E-state index in [0.29, 0.717) is 11.1 Å². The first-order valence-corrected chi connectivity index (χ1v) is 8.82. The fourth-order valence-electron chi connectivity index (χ4n) is 3.31. The maximum Gasteiger partial charge on any atom is 0.340 e. The Hall–Kier alpha value is -3.21. The van der Waals surface area contributed by atoms with Gasteiger partial charge in [0.25, 0.3) is 0 Å². The number of ether oxygens (including phenoxy) is 1. The van der Waals surface area contributed by atoms with Crippen molar-refractivity contribution in [3.05, 3.63) is 89.0 Å². The number of hydrogen-bond donors (Lipinski definition) is 0. The van der Waals surface area contributed by atoms with Crippen LogP contribution in [0, 0.1) is 13.8 Å². The second kappa shape index (κ2) is 7.99. The van der Waals surface area contributed by atoms with Gasteiger partial charge in [-0.3, -0.25) is 9.78 Å². The minimum absolute atomic E-state index is 0.102. The molecule has 0 aliphatic rings. The number of rotatable bonds is 6. The SMILES string of the molecule is Cc1cc(C(=O)COC(=O)c2cccnc2)c(C)n1[C@H](C)c1ccccc1.